The van der Waals surface area contributed by atoms with Crippen LogP contribution < -0.4 is 5.32 Å². The van der Waals surface area contributed by atoms with Crippen molar-refractivity contribution in [3.63, 3.8) is 0 Å². The maximum absolute atomic E-state index is 12.4. The first kappa shape index (κ1) is 19.7. The first-order chi connectivity index (χ1) is 12.6. The van der Waals surface area contributed by atoms with Gasteiger partial charge in [0.1, 0.15) is 0 Å². The van der Waals surface area contributed by atoms with Crippen LogP contribution in [0.5, 0.6) is 0 Å². The normalized spacial score (nSPS) is 10.5. The monoisotopic (exact) mass is 353 g/mol. The van der Waals surface area contributed by atoms with Gasteiger partial charge in [0.2, 0.25) is 0 Å². The van der Waals surface area contributed by atoms with E-state index in [4.69, 9.17) is 0 Å². The number of nitrogens with one attached hydrogen (secondary N) is 1. The quantitative estimate of drug-likeness (QED) is 0.551. The zero-order valence-corrected chi connectivity index (χ0v) is 15.3. The molecule has 0 radical (unpaired) electrons. The van der Waals surface area contributed by atoms with Crippen LogP contribution in [0.3, 0.4) is 0 Å². The zero-order chi connectivity index (χ0) is 18.8. The minimum Gasteiger partial charge on any atom is -0.478 e. The minimum absolute atomic E-state index is 0.0838. The van der Waals surface area contributed by atoms with E-state index in [-0.39, 0.29) is 11.5 Å². The molecule has 1 amide bonds. The van der Waals surface area contributed by atoms with Gasteiger partial charge < -0.3 is 10.4 Å². The fourth-order valence-corrected chi connectivity index (χ4v) is 2.91. The number of benzene rings is 2. The van der Waals surface area contributed by atoms with Crippen molar-refractivity contribution in [1.82, 2.24) is 0 Å². The fourth-order valence-electron chi connectivity index (χ4n) is 2.91. The van der Waals surface area contributed by atoms with E-state index < -0.39 is 5.97 Å². The lowest BCUT2D eigenvalue weighted by Crippen LogP contribution is -2.14. The second kappa shape index (κ2) is 10.4. The lowest BCUT2D eigenvalue weighted by atomic mass is 10.0. The molecular weight excluding hydrogens is 326 g/mol. The van der Waals surface area contributed by atoms with Crippen molar-refractivity contribution in [2.75, 3.05) is 5.32 Å². The fraction of sp³-hybridized carbons (Fsp3) is 0.364. The largest absolute Gasteiger partial charge is 0.478 e. The van der Waals surface area contributed by atoms with Gasteiger partial charge in [-0.1, -0.05) is 63.3 Å². The van der Waals surface area contributed by atoms with Crippen LogP contribution in [-0.4, -0.2) is 17.0 Å². The van der Waals surface area contributed by atoms with Crippen LogP contribution in [0.4, 0.5) is 5.69 Å². The van der Waals surface area contributed by atoms with Gasteiger partial charge in [0, 0.05) is 5.56 Å². The Morgan fingerprint density at radius 2 is 1.54 bits per heavy atom. The first-order valence-corrected chi connectivity index (χ1v) is 9.34. The van der Waals surface area contributed by atoms with E-state index in [1.54, 1.807) is 30.3 Å². The number of carbonyl (C=O) groups is 2. The Bertz CT molecular complexity index is 722. The molecule has 4 heteroatoms. The van der Waals surface area contributed by atoms with Crippen LogP contribution in [0.2, 0.25) is 0 Å². The summed E-state index contributed by atoms with van der Waals surface area (Å²) in [6, 6.07) is 13.9. The third kappa shape index (κ3) is 6.03. The van der Waals surface area contributed by atoms with Crippen LogP contribution in [0.25, 0.3) is 0 Å². The smallest absolute Gasteiger partial charge is 0.337 e. The van der Waals surface area contributed by atoms with Crippen LogP contribution in [-0.2, 0) is 6.42 Å². The maximum atomic E-state index is 12.4. The van der Waals surface area contributed by atoms with Gasteiger partial charge in [0.15, 0.2) is 0 Å². The van der Waals surface area contributed by atoms with Crippen molar-refractivity contribution >= 4 is 17.6 Å². The zero-order valence-electron chi connectivity index (χ0n) is 15.3. The average Bonchev–Trinajstić information content (AvgIpc) is 2.65. The van der Waals surface area contributed by atoms with E-state index in [0.717, 1.165) is 6.42 Å². The van der Waals surface area contributed by atoms with Gasteiger partial charge in [-0.2, -0.15) is 0 Å². The highest BCUT2D eigenvalue weighted by molar-refractivity contribution is 6.07. The highest BCUT2D eigenvalue weighted by Crippen LogP contribution is 2.17. The molecule has 2 rings (SSSR count). The highest BCUT2D eigenvalue weighted by Gasteiger charge is 2.12. The topological polar surface area (TPSA) is 66.4 Å². The lowest BCUT2D eigenvalue weighted by Gasteiger charge is -2.09. The second-order valence-electron chi connectivity index (χ2n) is 6.52. The molecule has 0 aromatic heterocycles. The number of hydrogen-bond acceptors (Lipinski definition) is 2. The standard InChI is InChI=1S/C22H27NO3/c1-2-3-4-5-6-7-10-17-13-15-18(16-14-17)21(24)23-20-12-9-8-11-19(20)22(25)26/h8-9,11-16H,2-7,10H2,1H3,(H,23,24)(H,25,26). The molecule has 2 N–H and O–H groups in total. The minimum atomic E-state index is -1.06. The summed E-state index contributed by atoms with van der Waals surface area (Å²) < 4.78 is 0. The van der Waals surface area contributed by atoms with Crippen molar-refractivity contribution < 1.29 is 14.7 Å². The van der Waals surface area contributed by atoms with Gasteiger partial charge in [-0.05, 0) is 42.7 Å². The van der Waals surface area contributed by atoms with Gasteiger partial charge in [0.25, 0.3) is 5.91 Å². The molecule has 4 nitrogen and oxygen atoms in total. The van der Waals surface area contributed by atoms with Crippen molar-refractivity contribution in [3.05, 3.63) is 65.2 Å². The molecule has 0 heterocycles. The Labute approximate surface area is 155 Å². The summed E-state index contributed by atoms with van der Waals surface area (Å²) in [5.41, 5.74) is 2.14. The van der Waals surface area contributed by atoms with Crippen molar-refractivity contribution in [3.8, 4) is 0 Å². The Balaban J connectivity index is 1.88. The maximum Gasteiger partial charge on any atom is 0.337 e. The van der Waals surface area contributed by atoms with E-state index in [2.05, 4.69) is 12.2 Å². The summed E-state index contributed by atoms with van der Waals surface area (Å²) in [5, 5.41) is 11.9. The molecule has 0 aliphatic rings. The molecule has 2 aromatic carbocycles. The Morgan fingerprint density at radius 3 is 2.23 bits per heavy atom. The molecule has 0 saturated carbocycles. The number of carboxylic acids is 1. The molecule has 26 heavy (non-hydrogen) atoms. The number of aryl methyl sites for hydroxylation is 1. The summed E-state index contributed by atoms with van der Waals surface area (Å²) in [7, 11) is 0. The number of rotatable bonds is 10. The molecule has 138 valence electrons. The van der Waals surface area contributed by atoms with Crippen LogP contribution in [0.1, 0.15) is 71.7 Å². The molecule has 0 aliphatic heterocycles. The second-order valence-corrected chi connectivity index (χ2v) is 6.52. The number of carboxylic acid groups (broad SMARTS) is 1. The number of unbranched alkanes of at least 4 members (excludes halogenated alkanes) is 5. The van der Waals surface area contributed by atoms with Gasteiger partial charge in [0.05, 0.1) is 11.3 Å². The Kier molecular flexibility index (Phi) is 7.87. The molecule has 0 bridgehead atoms. The Hall–Kier alpha value is -2.62. The van der Waals surface area contributed by atoms with E-state index in [9.17, 15) is 14.7 Å². The number of carbonyl (C=O) groups excluding carboxylic acids is 1. The number of aromatic carboxylic acids is 1. The predicted molar refractivity (Wildman–Crippen MR) is 105 cm³/mol. The van der Waals surface area contributed by atoms with Crippen LogP contribution in [0.15, 0.2) is 48.5 Å². The molecule has 0 unspecified atom stereocenters. The molecule has 0 saturated heterocycles. The van der Waals surface area contributed by atoms with E-state index in [1.165, 1.54) is 50.2 Å². The predicted octanol–water partition coefficient (Wildman–Crippen LogP) is 5.54. The summed E-state index contributed by atoms with van der Waals surface area (Å²) in [6.07, 6.45) is 8.62. The molecule has 0 aliphatic carbocycles. The number of anilines is 1. The third-order valence-corrected chi connectivity index (χ3v) is 4.44. The Morgan fingerprint density at radius 1 is 0.885 bits per heavy atom. The van der Waals surface area contributed by atoms with Gasteiger partial charge in [-0.15, -0.1) is 0 Å². The summed E-state index contributed by atoms with van der Waals surface area (Å²) in [6.45, 7) is 2.22. The summed E-state index contributed by atoms with van der Waals surface area (Å²) >= 11 is 0. The summed E-state index contributed by atoms with van der Waals surface area (Å²) in [5.74, 6) is -1.36. The summed E-state index contributed by atoms with van der Waals surface area (Å²) in [4.78, 5) is 23.6. The first-order valence-electron chi connectivity index (χ1n) is 9.34. The number of hydrogen-bond donors (Lipinski definition) is 2. The van der Waals surface area contributed by atoms with Crippen molar-refractivity contribution in [2.45, 2.75) is 51.9 Å². The van der Waals surface area contributed by atoms with Gasteiger partial charge in [-0.3, -0.25) is 4.79 Å². The number of para-hydroxylation sites is 1. The molecule has 0 atom stereocenters. The van der Waals surface area contributed by atoms with Gasteiger partial charge >= 0.3 is 5.97 Å². The van der Waals surface area contributed by atoms with Crippen molar-refractivity contribution in [2.24, 2.45) is 0 Å². The molecular formula is C22H27NO3. The number of amides is 1. The molecule has 2 aromatic rings. The lowest BCUT2D eigenvalue weighted by molar-refractivity contribution is 0.0698. The van der Waals surface area contributed by atoms with Crippen molar-refractivity contribution in [1.29, 1.82) is 0 Å². The van der Waals surface area contributed by atoms with E-state index >= 15 is 0 Å². The molecule has 0 fully saturated rings. The van der Waals surface area contributed by atoms with E-state index in [1.807, 2.05) is 12.1 Å². The highest BCUT2D eigenvalue weighted by atomic mass is 16.4. The average molecular weight is 353 g/mol. The van der Waals surface area contributed by atoms with Crippen LogP contribution in [0, 0.1) is 0 Å². The van der Waals surface area contributed by atoms with Gasteiger partial charge in [-0.25, -0.2) is 4.79 Å². The van der Waals surface area contributed by atoms with E-state index in [0.29, 0.717) is 11.3 Å². The van der Waals surface area contributed by atoms with Crippen LogP contribution >= 0.6 is 0 Å². The SMILES string of the molecule is CCCCCCCCc1ccc(C(=O)Nc2ccccc2C(=O)O)cc1. The molecule has 0 spiro atoms. The third-order valence-electron chi connectivity index (χ3n) is 4.44.